The molecule has 3 aliphatic carbocycles. The van der Waals surface area contributed by atoms with Gasteiger partial charge in [0.15, 0.2) is 0 Å². The molecule has 21 nitrogen and oxygen atoms in total. The van der Waals surface area contributed by atoms with Crippen LogP contribution in [0.3, 0.4) is 0 Å². The largest absolute Gasteiger partial charge is 0.351 e. The highest BCUT2D eigenvalue weighted by Crippen LogP contribution is 2.49. The minimum atomic E-state index is -0.348. The summed E-state index contributed by atoms with van der Waals surface area (Å²) in [6.07, 6.45) is 32.4. The number of hydrogen-bond acceptors (Lipinski definition) is 12. The van der Waals surface area contributed by atoms with Crippen LogP contribution in [-0.2, 0) is 52.9 Å². The van der Waals surface area contributed by atoms with E-state index in [1.807, 2.05) is 36.8 Å². The Labute approximate surface area is 794 Å². The smallest absolute Gasteiger partial charge is 0.314 e. The standard InChI is InChI=1S/2C32H40Br2ClN5O2.C32H41BrClN5O2/c33-25-16-24-2-1-23-17-26(35)18-27(34)29(23)31(30(24)37-19-25)39-13-7-22(8-14-39)21-5-11-38(12-6-21)28(41)15-20-3-9-40(10-4-20)32(36)42;33-24-18-23-1-2-25-26(3-4-27(35)29(25)34)31(30(23)37-19-24)39-15-9-22(10-16-39)21-7-13-38(14-8-21)28(41)17-20-5-11-40(12-6-20)32(36)42;33-27-20-26(34)19-25-4-3-24-2-1-11-36-30(24)31(29(25)27)38-16-9-23(10-17-38)22-7-14-37(15-8-22)28(40)18-21-5-12-39(13-6-21)32(35)41/h16-22,31H,1-15H2,(H2,36,42);3-4,18-22,31H,1-2,5-17H2,(H2,36,42);1-2,11,19-23,31H,3-10,12-18H2,(H2,35,41). The van der Waals surface area contributed by atoms with Crippen molar-refractivity contribution < 1.29 is 28.8 Å². The summed E-state index contributed by atoms with van der Waals surface area (Å²) < 4.78 is 5.23. The van der Waals surface area contributed by atoms with Crippen LogP contribution in [0.25, 0.3) is 0 Å². The molecule has 0 saturated carbocycles. The van der Waals surface area contributed by atoms with E-state index >= 15 is 0 Å². The van der Waals surface area contributed by atoms with Crippen LogP contribution in [0.4, 0.5) is 14.4 Å². The summed E-state index contributed by atoms with van der Waals surface area (Å²) in [5.74, 6) is 6.14. The van der Waals surface area contributed by atoms with Crippen molar-refractivity contribution in [2.45, 2.75) is 191 Å². The third-order valence-corrected chi connectivity index (χ3v) is 34.8. The Bertz CT molecular complexity index is 4850. The van der Waals surface area contributed by atoms with Crippen molar-refractivity contribution >= 4 is 150 Å². The van der Waals surface area contributed by atoms with E-state index in [0.717, 1.165) is 232 Å². The molecule has 125 heavy (non-hydrogen) atoms. The number of nitrogens with zero attached hydrogens (tertiary/aromatic N) is 12. The van der Waals surface area contributed by atoms with Crippen LogP contribution < -0.4 is 17.2 Å². The van der Waals surface area contributed by atoms with Crippen LogP contribution in [0.1, 0.15) is 220 Å². The van der Waals surface area contributed by atoms with E-state index < -0.39 is 0 Å². The number of nitrogens with two attached hydrogens (primary N) is 3. The van der Waals surface area contributed by atoms with Crippen molar-refractivity contribution in [2.75, 3.05) is 118 Å². The second kappa shape index (κ2) is 42.4. The molecule has 9 fully saturated rings. The van der Waals surface area contributed by atoms with Gasteiger partial charge in [-0.15, -0.1) is 0 Å². The molecule has 3 aromatic carbocycles. The zero-order valence-corrected chi connectivity index (χ0v) is 82.0. The third-order valence-electron chi connectivity index (χ3n) is 30.7. The maximum absolute atomic E-state index is 13.1. The molecule has 29 heteroatoms. The summed E-state index contributed by atoms with van der Waals surface area (Å²) in [4.78, 5) is 108. The monoisotopic (exact) mass is 2080 g/mol. The lowest BCUT2D eigenvalue weighted by molar-refractivity contribution is -0.135. The molecule has 9 amide bonds. The highest BCUT2D eigenvalue weighted by Gasteiger charge is 2.43. The van der Waals surface area contributed by atoms with Gasteiger partial charge in [0.2, 0.25) is 17.7 Å². The predicted molar refractivity (Wildman–Crippen MR) is 510 cm³/mol. The molecule has 12 heterocycles. The van der Waals surface area contributed by atoms with E-state index in [2.05, 4.69) is 152 Å². The Morgan fingerprint density at radius 1 is 0.344 bits per heavy atom. The fourth-order valence-electron chi connectivity index (χ4n) is 23.5. The summed E-state index contributed by atoms with van der Waals surface area (Å²) in [6.45, 7) is 15.6. The average molecular weight is 2090 g/mol. The number of likely N-dealkylation sites (tertiary alicyclic amines) is 9. The Balaban J connectivity index is 0.000000138. The van der Waals surface area contributed by atoms with Gasteiger partial charge in [-0.3, -0.25) is 44.0 Å². The number of carbonyl (C=O) groups is 6. The highest BCUT2D eigenvalue weighted by atomic mass is 79.9. The molecule has 0 radical (unpaired) electrons. The minimum absolute atomic E-state index is 0.118. The van der Waals surface area contributed by atoms with Gasteiger partial charge in [0.1, 0.15) is 0 Å². The fourth-order valence-corrected chi connectivity index (χ4v) is 27.2. The van der Waals surface area contributed by atoms with E-state index in [1.54, 1.807) is 14.7 Å². The van der Waals surface area contributed by atoms with E-state index in [0.29, 0.717) is 118 Å². The number of piperidine rings is 9. The van der Waals surface area contributed by atoms with Gasteiger partial charge in [-0.1, -0.05) is 78.8 Å². The van der Waals surface area contributed by atoms with Crippen LogP contribution >= 0.6 is 114 Å². The lowest BCUT2D eigenvalue weighted by Crippen LogP contribution is -2.45. The fraction of sp³-hybridized carbons (Fsp3) is 0.594. The molecule has 0 bridgehead atoms. The first-order valence-electron chi connectivity index (χ1n) is 46.3. The van der Waals surface area contributed by atoms with E-state index in [4.69, 9.17) is 67.0 Å². The van der Waals surface area contributed by atoms with Crippen molar-refractivity contribution in [2.24, 2.45) is 70.5 Å². The van der Waals surface area contributed by atoms with Crippen LogP contribution in [0.5, 0.6) is 0 Å². The van der Waals surface area contributed by atoms with E-state index in [-0.39, 0.29) is 48.0 Å². The molecule has 672 valence electrons. The maximum atomic E-state index is 13.1. The average Bonchev–Trinajstić information content (AvgIpc) is 1.70. The number of halogens is 8. The van der Waals surface area contributed by atoms with Crippen molar-refractivity contribution in [1.82, 2.24) is 59.1 Å². The lowest BCUT2D eigenvalue weighted by atomic mass is 9.78. The Kier molecular flexibility index (Phi) is 31.4. The first-order chi connectivity index (χ1) is 60.4. The summed E-state index contributed by atoms with van der Waals surface area (Å²) >= 11 is 38.3. The zero-order valence-electron chi connectivity index (χ0n) is 71.8. The SMILES string of the molecule is NC(=O)N1CCC(CC(=O)N2CCC(C3CCN(C4c5ccc(Cl)c(Br)c5CCc5cc(Br)cnc54)CC3)CC2)CC1.NC(=O)N1CCC(CC(=O)N2CCC(C3CCN(C4c5ncc(Br)cc5CCc5cc(Cl)cc(Br)c54)CC3)CC2)CC1.NC(=O)N1CCC(CC(=O)N2CCC(C3CCN(C4c5ncccc5CCc5cc(Cl)cc(Br)c54)CC3)CC2)CC1. The third kappa shape index (κ3) is 22.1. The summed E-state index contributed by atoms with van der Waals surface area (Å²) in [6, 6.07) is 20.7. The number of fused-ring (bicyclic) bond motifs is 6. The summed E-state index contributed by atoms with van der Waals surface area (Å²) in [7, 11) is 0. The number of amides is 9. The molecular weight excluding hydrogens is 1970 g/mol. The van der Waals surface area contributed by atoms with Crippen molar-refractivity contribution in [3.05, 3.63) is 184 Å². The molecule has 3 atom stereocenters. The van der Waals surface area contributed by atoms with Gasteiger partial charge >= 0.3 is 18.1 Å². The van der Waals surface area contributed by atoms with Gasteiger partial charge in [-0.2, -0.15) is 0 Å². The lowest BCUT2D eigenvalue weighted by Gasteiger charge is -2.43. The topological polar surface area (TPSA) is 248 Å². The number of benzene rings is 3. The van der Waals surface area contributed by atoms with Gasteiger partial charge in [-0.05, 0) is 393 Å². The van der Waals surface area contributed by atoms with E-state index in [1.165, 1.54) is 106 Å². The maximum Gasteiger partial charge on any atom is 0.314 e. The molecule has 6 N–H and O–H groups in total. The normalized spacial score (nSPS) is 23.0. The van der Waals surface area contributed by atoms with Crippen molar-refractivity contribution in [1.29, 1.82) is 0 Å². The van der Waals surface area contributed by atoms with Gasteiger partial charge < -0.3 is 46.6 Å². The molecule has 3 aromatic heterocycles. The molecule has 9 saturated heterocycles. The van der Waals surface area contributed by atoms with Gasteiger partial charge in [0, 0.05) is 149 Å². The number of aryl methyl sites for hydroxylation is 5. The van der Waals surface area contributed by atoms with E-state index in [9.17, 15) is 28.8 Å². The van der Waals surface area contributed by atoms with Gasteiger partial charge in [-0.25, -0.2) is 14.4 Å². The van der Waals surface area contributed by atoms with Crippen LogP contribution in [-0.4, -0.2) is 213 Å². The van der Waals surface area contributed by atoms with Crippen molar-refractivity contribution in [3.63, 3.8) is 0 Å². The Morgan fingerprint density at radius 3 is 1.02 bits per heavy atom. The molecule has 12 aliphatic rings. The molecule has 6 aromatic rings. The number of primary amides is 3. The number of pyridine rings is 3. The van der Waals surface area contributed by atoms with Crippen LogP contribution in [0, 0.1) is 53.3 Å². The molecule has 9 aliphatic heterocycles. The van der Waals surface area contributed by atoms with Crippen LogP contribution in [0.15, 0.2) is 102 Å². The summed E-state index contributed by atoms with van der Waals surface area (Å²) in [5.41, 5.74) is 31.6. The van der Waals surface area contributed by atoms with Crippen LogP contribution in [0.2, 0.25) is 15.1 Å². The first kappa shape index (κ1) is 92.7. The number of carbonyl (C=O) groups excluding carboxylic acids is 6. The number of rotatable bonds is 12. The highest BCUT2D eigenvalue weighted by molar-refractivity contribution is 9.11. The molecule has 18 rings (SSSR count). The zero-order chi connectivity index (χ0) is 87.3. The number of urea groups is 3. The first-order valence-corrected chi connectivity index (χ1v) is 51.3. The second-order valence-corrected chi connectivity index (χ2v) is 43.3. The molecule has 3 unspecified atom stereocenters. The quantitative estimate of drug-likeness (QED) is 0.103. The van der Waals surface area contributed by atoms with Gasteiger partial charge in [0.25, 0.3) is 0 Å². The summed E-state index contributed by atoms with van der Waals surface area (Å²) in [5, 5.41) is 2.33. The molecular formula is C96H121Br5Cl3N15O6. The van der Waals surface area contributed by atoms with Crippen molar-refractivity contribution in [3.8, 4) is 0 Å². The van der Waals surface area contributed by atoms with Gasteiger partial charge in [0.05, 0.1) is 40.2 Å². The Hall–Kier alpha value is -5.52. The molecule has 0 spiro atoms. The second-order valence-electron chi connectivity index (χ2n) is 37.7. The minimum Gasteiger partial charge on any atom is -0.351 e. The number of aromatic nitrogens is 3. The Morgan fingerprint density at radius 2 is 0.656 bits per heavy atom. The predicted octanol–water partition coefficient (Wildman–Crippen LogP) is 19.0. The number of hydrogen-bond donors (Lipinski definition) is 3.